The maximum absolute atomic E-state index is 3.93. The smallest absolute Gasteiger partial charge is 0.104 e. The van der Waals surface area contributed by atoms with Gasteiger partial charge in [-0.1, -0.05) is 6.08 Å². The van der Waals surface area contributed by atoms with Gasteiger partial charge in [-0.15, -0.1) is 0 Å². The molecule has 0 aromatic carbocycles. The molecule has 2 nitrogen and oxygen atoms in total. The summed E-state index contributed by atoms with van der Waals surface area (Å²) >= 11 is 0. The Hall–Kier alpha value is -0.790. The van der Waals surface area contributed by atoms with Crippen LogP contribution in [0.5, 0.6) is 0 Å². The van der Waals surface area contributed by atoms with E-state index in [1.807, 2.05) is 12.3 Å². The lowest BCUT2D eigenvalue weighted by molar-refractivity contribution is 1.24. The second-order valence-corrected chi connectivity index (χ2v) is 1.42. The normalized spacial score (nSPS) is 23.3. The second kappa shape index (κ2) is 1.78. The third kappa shape index (κ3) is 0.796. The van der Waals surface area contributed by atoms with Crippen LogP contribution in [0.1, 0.15) is 6.42 Å². The summed E-state index contributed by atoms with van der Waals surface area (Å²) in [6.45, 7) is 0. The van der Waals surface area contributed by atoms with Crippen LogP contribution >= 0.6 is 0 Å². The fraction of sp³-hybridized carbons (Fsp3) is 0.400. The first kappa shape index (κ1) is 4.37. The van der Waals surface area contributed by atoms with Crippen LogP contribution in [-0.4, -0.2) is 12.9 Å². The molecular weight excluding hydrogens is 88.1 g/mol. The molecule has 0 fully saturated rings. The number of amidine groups is 1. The standard InChI is InChI=1S/C5H8N2/c1-6-5-3-2-4-7-5/h2,4H,3H2,1H3,(H,6,7). The molecule has 0 radical (unpaired) electrons. The summed E-state index contributed by atoms with van der Waals surface area (Å²) in [4.78, 5) is 3.93. The van der Waals surface area contributed by atoms with Gasteiger partial charge < -0.3 is 5.32 Å². The molecule has 0 unspecified atom stereocenters. The summed E-state index contributed by atoms with van der Waals surface area (Å²) in [6.07, 6.45) is 4.92. The van der Waals surface area contributed by atoms with Crippen molar-refractivity contribution in [1.82, 2.24) is 5.32 Å². The maximum Gasteiger partial charge on any atom is 0.104 e. The Morgan fingerprint density at radius 3 is 3.00 bits per heavy atom. The molecule has 0 aromatic rings. The van der Waals surface area contributed by atoms with Crippen molar-refractivity contribution in [2.75, 3.05) is 7.05 Å². The average Bonchev–Trinajstić information content (AvgIpc) is 2.14. The highest BCUT2D eigenvalue weighted by Crippen LogP contribution is 1.91. The molecule has 0 saturated carbocycles. The van der Waals surface area contributed by atoms with Gasteiger partial charge in [-0.05, 0) is 6.20 Å². The van der Waals surface area contributed by atoms with E-state index in [0.29, 0.717) is 0 Å². The van der Waals surface area contributed by atoms with E-state index in [9.17, 15) is 0 Å². The van der Waals surface area contributed by atoms with Crippen LogP contribution < -0.4 is 5.32 Å². The van der Waals surface area contributed by atoms with Gasteiger partial charge in [0.05, 0.1) is 0 Å². The summed E-state index contributed by atoms with van der Waals surface area (Å²) < 4.78 is 0. The largest absolute Gasteiger partial charge is 0.351 e. The van der Waals surface area contributed by atoms with Crippen LogP contribution in [0.2, 0.25) is 0 Å². The van der Waals surface area contributed by atoms with Gasteiger partial charge >= 0.3 is 0 Å². The molecule has 0 amide bonds. The average molecular weight is 96.1 g/mol. The van der Waals surface area contributed by atoms with E-state index in [2.05, 4.69) is 10.3 Å². The molecule has 0 atom stereocenters. The molecule has 1 aliphatic heterocycles. The van der Waals surface area contributed by atoms with Crippen LogP contribution in [0.15, 0.2) is 17.3 Å². The number of rotatable bonds is 0. The maximum atomic E-state index is 3.93. The van der Waals surface area contributed by atoms with Crippen molar-refractivity contribution in [1.29, 1.82) is 0 Å². The summed E-state index contributed by atoms with van der Waals surface area (Å²) in [5.41, 5.74) is 0. The minimum absolute atomic E-state index is 0.969. The van der Waals surface area contributed by atoms with Crippen molar-refractivity contribution in [3.05, 3.63) is 12.3 Å². The molecule has 38 valence electrons. The number of nitrogens with zero attached hydrogens (tertiary/aromatic N) is 1. The Morgan fingerprint density at radius 1 is 1.86 bits per heavy atom. The van der Waals surface area contributed by atoms with E-state index in [0.717, 1.165) is 12.3 Å². The molecule has 0 aromatic heterocycles. The van der Waals surface area contributed by atoms with Gasteiger partial charge in [-0.3, -0.25) is 4.99 Å². The molecule has 0 saturated heterocycles. The van der Waals surface area contributed by atoms with Gasteiger partial charge in [0.15, 0.2) is 0 Å². The van der Waals surface area contributed by atoms with Crippen molar-refractivity contribution in [3.8, 4) is 0 Å². The Labute approximate surface area is 42.9 Å². The first-order chi connectivity index (χ1) is 3.43. The Kier molecular flexibility index (Phi) is 1.11. The van der Waals surface area contributed by atoms with Crippen molar-refractivity contribution in [3.63, 3.8) is 0 Å². The Bertz CT molecular complexity index is 103. The number of nitrogens with one attached hydrogen (secondary N) is 1. The Balaban J connectivity index is 2.51. The van der Waals surface area contributed by atoms with Crippen LogP contribution in [0.3, 0.4) is 0 Å². The topological polar surface area (TPSA) is 24.4 Å². The van der Waals surface area contributed by atoms with E-state index in [1.54, 1.807) is 7.05 Å². The minimum Gasteiger partial charge on any atom is -0.351 e. The van der Waals surface area contributed by atoms with Gasteiger partial charge in [0.2, 0.25) is 0 Å². The zero-order valence-corrected chi connectivity index (χ0v) is 4.31. The molecular formula is C5H8N2. The first-order valence-corrected chi connectivity index (χ1v) is 2.30. The van der Waals surface area contributed by atoms with E-state index in [1.165, 1.54) is 0 Å². The number of aliphatic imine (C=N–C) groups is 1. The molecule has 2 heteroatoms. The monoisotopic (exact) mass is 96.1 g/mol. The van der Waals surface area contributed by atoms with E-state index >= 15 is 0 Å². The zero-order valence-electron chi connectivity index (χ0n) is 4.31. The van der Waals surface area contributed by atoms with Crippen molar-refractivity contribution < 1.29 is 0 Å². The summed E-state index contributed by atoms with van der Waals surface area (Å²) in [5, 5.41) is 2.98. The lowest BCUT2D eigenvalue weighted by Crippen LogP contribution is -2.09. The van der Waals surface area contributed by atoms with Crippen LogP contribution in [0.25, 0.3) is 0 Å². The molecule has 1 N–H and O–H groups in total. The van der Waals surface area contributed by atoms with Crippen molar-refractivity contribution in [2.45, 2.75) is 6.42 Å². The predicted molar refractivity (Wildman–Crippen MR) is 30.3 cm³/mol. The number of hydrogen-bond acceptors (Lipinski definition) is 1. The quantitative estimate of drug-likeness (QED) is 0.467. The summed E-state index contributed by atoms with van der Waals surface area (Å²) in [5.74, 6) is 1.06. The fourth-order valence-corrected chi connectivity index (χ4v) is 0.540. The van der Waals surface area contributed by atoms with Crippen molar-refractivity contribution in [2.24, 2.45) is 4.99 Å². The fourth-order valence-electron chi connectivity index (χ4n) is 0.540. The van der Waals surface area contributed by atoms with Gasteiger partial charge in [0.25, 0.3) is 0 Å². The molecule has 0 aliphatic carbocycles. The highest BCUT2D eigenvalue weighted by atomic mass is 15.0. The van der Waals surface area contributed by atoms with Gasteiger partial charge in [-0.2, -0.15) is 0 Å². The zero-order chi connectivity index (χ0) is 5.11. The highest BCUT2D eigenvalue weighted by Gasteiger charge is 1.94. The SMILES string of the molecule is CN=C1CC=CN1. The van der Waals surface area contributed by atoms with Gasteiger partial charge in [-0.25, -0.2) is 0 Å². The second-order valence-electron chi connectivity index (χ2n) is 1.42. The van der Waals surface area contributed by atoms with Crippen molar-refractivity contribution >= 4 is 5.84 Å². The molecule has 7 heavy (non-hydrogen) atoms. The predicted octanol–water partition coefficient (Wildman–Crippen LogP) is 0.522. The highest BCUT2D eigenvalue weighted by molar-refractivity contribution is 5.86. The molecule has 1 aliphatic rings. The lowest BCUT2D eigenvalue weighted by atomic mass is 10.4. The minimum atomic E-state index is 0.969. The summed E-state index contributed by atoms with van der Waals surface area (Å²) in [6, 6.07) is 0. The van der Waals surface area contributed by atoms with E-state index < -0.39 is 0 Å². The van der Waals surface area contributed by atoms with E-state index in [-0.39, 0.29) is 0 Å². The van der Waals surface area contributed by atoms with Gasteiger partial charge in [0.1, 0.15) is 5.84 Å². The molecule has 0 spiro atoms. The Morgan fingerprint density at radius 2 is 2.71 bits per heavy atom. The third-order valence-corrected chi connectivity index (χ3v) is 0.949. The van der Waals surface area contributed by atoms with E-state index in [4.69, 9.17) is 0 Å². The van der Waals surface area contributed by atoms with Gasteiger partial charge in [0, 0.05) is 13.5 Å². The summed E-state index contributed by atoms with van der Waals surface area (Å²) in [7, 11) is 1.79. The number of hydrogen-bond donors (Lipinski definition) is 1. The lowest BCUT2D eigenvalue weighted by Gasteiger charge is -1.89. The molecule has 1 rings (SSSR count). The molecule has 1 heterocycles. The first-order valence-electron chi connectivity index (χ1n) is 2.30. The van der Waals surface area contributed by atoms with Crippen LogP contribution in [0.4, 0.5) is 0 Å². The third-order valence-electron chi connectivity index (χ3n) is 0.949. The molecule has 0 bridgehead atoms. The van der Waals surface area contributed by atoms with Crippen LogP contribution in [-0.2, 0) is 0 Å². The van der Waals surface area contributed by atoms with Crippen LogP contribution in [0, 0.1) is 0 Å².